The Morgan fingerprint density at radius 2 is 2.31 bits per heavy atom. The van der Waals surface area contributed by atoms with E-state index < -0.39 is 5.97 Å². The van der Waals surface area contributed by atoms with Gasteiger partial charge < -0.3 is 9.52 Å². The number of hydrogen-bond acceptors (Lipinski definition) is 4. The average molecular weight is 235 g/mol. The highest BCUT2D eigenvalue weighted by molar-refractivity contribution is 7.99. The number of aryl methyl sites for hydroxylation is 1. The van der Waals surface area contributed by atoms with Gasteiger partial charge in [-0.2, -0.15) is 0 Å². The molecule has 0 aliphatic carbocycles. The van der Waals surface area contributed by atoms with E-state index in [1.165, 1.54) is 18.0 Å². The monoisotopic (exact) mass is 235 g/mol. The molecule has 0 aliphatic heterocycles. The maximum Gasteiger partial charge on any atom is 0.354 e. The number of pyridine rings is 1. The maximum absolute atomic E-state index is 10.7. The minimum Gasteiger partial charge on any atom is -0.477 e. The van der Waals surface area contributed by atoms with Gasteiger partial charge in [-0.05, 0) is 25.1 Å². The summed E-state index contributed by atoms with van der Waals surface area (Å²) < 4.78 is 5.16. The predicted molar refractivity (Wildman–Crippen MR) is 58.8 cm³/mol. The minimum absolute atomic E-state index is 0.0474. The highest BCUT2D eigenvalue weighted by atomic mass is 32.2. The smallest absolute Gasteiger partial charge is 0.354 e. The van der Waals surface area contributed by atoms with Crippen molar-refractivity contribution in [3.63, 3.8) is 0 Å². The van der Waals surface area contributed by atoms with Gasteiger partial charge in [0.2, 0.25) is 0 Å². The number of aromatic nitrogens is 1. The summed E-state index contributed by atoms with van der Waals surface area (Å²) in [6.45, 7) is 1.86. The molecular formula is C11H9NO3S. The summed E-state index contributed by atoms with van der Waals surface area (Å²) in [5, 5.41) is 8.80. The van der Waals surface area contributed by atoms with Gasteiger partial charge in [0.1, 0.15) is 11.5 Å². The number of hydrogen-bond donors (Lipinski definition) is 1. The first kappa shape index (κ1) is 10.8. The van der Waals surface area contributed by atoms with Crippen LogP contribution in [0.2, 0.25) is 0 Å². The van der Waals surface area contributed by atoms with Gasteiger partial charge >= 0.3 is 5.97 Å². The number of carboxylic acids is 1. The van der Waals surface area contributed by atoms with Crippen LogP contribution in [0, 0.1) is 6.92 Å². The molecule has 2 aromatic heterocycles. The van der Waals surface area contributed by atoms with Gasteiger partial charge in [0.15, 0.2) is 0 Å². The standard InChI is InChI=1S/C11H9NO3S/c1-7-10(3-5-15-7)16-8-2-4-12-9(6-8)11(13)14/h2-6H,1H3,(H,13,14). The van der Waals surface area contributed by atoms with E-state index in [0.29, 0.717) is 0 Å². The molecule has 0 aliphatic rings. The molecule has 2 heterocycles. The summed E-state index contributed by atoms with van der Waals surface area (Å²) in [7, 11) is 0. The molecule has 0 bridgehead atoms. The van der Waals surface area contributed by atoms with Crippen molar-refractivity contribution in [2.45, 2.75) is 16.7 Å². The Kier molecular flexibility index (Phi) is 2.96. The second-order valence-electron chi connectivity index (χ2n) is 3.13. The van der Waals surface area contributed by atoms with E-state index in [1.54, 1.807) is 18.4 Å². The Morgan fingerprint density at radius 3 is 2.94 bits per heavy atom. The van der Waals surface area contributed by atoms with Crippen molar-refractivity contribution >= 4 is 17.7 Å². The zero-order valence-corrected chi connectivity index (χ0v) is 9.32. The van der Waals surface area contributed by atoms with Crippen molar-refractivity contribution < 1.29 is 14.3 Å². The van der Waals surface area contributed by atoms with Gasteiger partial charge in [-0.15, -0.1) is 0 Å². The first-order valence-electron chi connectivity index (χ1n) is 4.58. The maximum atomic E-state index is 10.7. The van der Waals surface area contributed by atoms with Gasteiger partial charge in [-0.25, -0.2) is 9.78 Å². The van der Waals surface area contributed by atoms with Crippen molar-refractivity contribution in [2.75, 3.05) is 0 Å². The van der Waals surface area contributed by atoms with Gasteiger partial charge in [0.25, 0.3) is 0 Å². The number of furan rings is 1. The van der Waals surface area contributed by atoms with E-state index in [9.17, 15) is 4.79 Å². The molecule has 2 aromatic rings. The number of aromatic carboxylic acids is 1. The topological polar surface area (TPSA) is 63.3 Å². The van der Waals surface area contributed by atoms with E-state index >= 15 is 0 Å². The van der Waals surface area contributed by atoms with Crippen LogP contribution in [-0.2, 0) is 0 Å². The molecule has 82 valence electrons. The van der Waals surface area contributed by atoms with Crippen LogP contribution in [0.4, 0.5) is 0 Å². The molecule has 0 unspecified atom stereocenters. The lowest BCUT2D eigenvalue weighted by Gasteiger charge is -2.00. The molecule has 4 nitrogen and oxygen atoms in total. The van der Waals surface area contributed by atoms with E-state index in [-0.39, 0.29) is 5.69 Å². The molecule has 1 N–H and O–H groups in total. The van der Waals surface area contributed by atoms with E-state index in [2.05, 4.69) is 4.98 Å². The summed E-state index contributed by atoms with van der Waals surface area (Å²) in [4.78, 5) is 16.3. The normalized spacial score (nSPS) is 10.3. The quantitative estimate of drug-likeness (QED) is 0.886. The van der Waals surface area contributed by atoms with Gasteiger partial charge in [-0.1, -0.05) is 11.8 Å². The second-order valence-corrected chi connectivity index (χ2v) is 4.24. The number of carbonyl (C=O) groups is 1. The van der Waals surface area contributed by atoms with Crippen LogP contribution in [0.5, 0.6) is 0 Å². The molecule has 0 fully saturated rings. The second kappa shape index (κ2) is 4.40. The summed E-state index contributed by atoms with van der Waals surface area (Å²) in [5.74, 6) is -0.204. The van der Waals surface area contributed by atoms with Gasteiger partial charge in [0, 0.05) is 11.1 Å². The van der Waals surface area contributed by atoms with Gasteiger partial charge in [0.05, 0.1) is 11.2 Å². The molecule has 0 atom stereocenters. The van der Waals surface area contributed by atoms with Crippen LogP contribution in [0.15, 0.2) is 44.9 Å². The summed E-state index contributed by atoms with van der Waals surface area (Å²) >= 11 is 1.46. The fourth-order valence-electron chi connectivity index (χ4n) is 1.20. The van der Waals surface area contributed by atoms with Gasteiger partial charge in [-0.3, -0.25) is 0 Å². The third-order valence-corrected chi connectivity index (χ3v) is 3.12. The van der Waals surface area contributed by atoms with E-state index in [1.807, 2.05) is 13.0 Å². The van der Waals surface area contributed by atoms with Crippen molar-refractivity contribution in [2.24, 2.45) is 0 Å². The first-order chi connectivity index (χ1) is 7.66. The highest BCUT2D eigenvalue weighted by Gasteiger charge is 2.08. The largest absolute Gasteiger partial charge is 0.477 e. The lowest BCUT2D eigenvalue weighted by atomic mass is 10.3. The Hall–Kier alpha value is -1.75. The van der Waals surface area contributed by atoms with Crippen molar-refractivity contribution in [3.05, 3.63) is 42.1 Å². The fraction of sp³-hybridized carbons (Fsp3) is 0.0909. The number of rotatable bonds is 3. The van der Waals surface area contributed by atoms with Crippen LogP contribution in [0.1, 0.15) is 16.2 Å². The summed E-state index contributed by atoms with van der Waals surface area (Å²) in [5.41, 5.74) is 0.0474. The highest BCUT2D eigenvalue weighted by Crippen LogP contribution is 2.30. The summed E-state index contributed by atoms with van der Waals surface area (Å²) in [6, 6.07) is 5.16. The Bertz CT molecular complexity index is 521. The van der Waals surface area contributed by atoms with E-state index in [0.717, 1.165) is 15.6 Å². The molecule has 0 aromatic carbocycles. The van der Waals surface area contributed by atoms with Crippen molar-refractivity contribution in [3.8, 4) is 0 Å². The van der Waals surface area contributed by atoms with Crippen LogP contribution < -0.4 is 0 Å². The van der Waals surface area contributed by atoms with Crippen LogP contribution in [0.3, 0.4) is 0 Å². The van der Waals surface area contributed by atoms with E-state index in [4.69, 9.17) is 9.52 Å². The molecule has 0 saturated carbocycles. The minimum atomic E-state index is -1.02. The lowest BCUT2D eigenvalue weighted by molar-refractivity contribution is 0.0690. The zero-order valence-electron chi connectivity index (χ0n) is 8.51. The number of nitrogens with zero attached hydrogens (tertiary/aromatic N) is 1. The number of carboxylic acid groups (broad SMARTS) is 1. The Labute approximate surface area is 96.3 Å². The van der Waals surface area contributed by atoms with Crippen molar-refractivity contribution in [1.29, 1.82) is 0 Å². The molecule has 0 amide bonds. The first-order valence-corrected chi connectivity index (χ1v) is 5.40. The Morgan fingerprint density at radius 1 is 1.50 bits per heavy atom. The molecule has 0 radical (unpaired) electrons. The third kappa shape index (κ3) is 2.25. The molecule has 0 spiro atoms. The lowest BCUT2D eigenvalue weighted by Crippen LogP contribution is -1.99. The molecule has 2 rings (SSSR count). The average Bonchev–Trinajstić information content (AvgIpc) is 2.65. The third-order valence-electron chi connectivity index (χ3n) is 1.99. The van der Waals surface area contributed by atoms with Crippen LogP contribution >= 0.6 is 11.8 Å². The van der Waals surface area contributed by atoms with Crippen LogP contribution in [0.25, 0.3) is 0 Å². The van der Waals surface area contributed by atoms with Crippen LogP contribution in [-0.4, -0.2) is 16.1 Å². The molecule has 16 heavy (non-hydrogen) atoms. The predicted octanol–water partition coefficient (Wildman–Crippen LogP) is 2.83. The van der Waals surface area contributed by atoms with Crippen molar-refractivity contribution in [1.82, 2.24) is 4.98 Å². The summed E-state index contributed by atoms with van der Waals surface area (Å²) in [6.07, 6.45) is 3.10. The fourth-order valence-corrected chi connectivity index (χ4v) is 2.07. The molecular weight excluding hydrogens is 226 g/mol. The zero-order chi connectivity index (χ0) is 11.5. The molecule has 0 saturated heterocycles. The SMILES string of the molecule is Cc1occc1Sc1ccnc(C(=O)O)c1. The molecule has 5 heteroatoms. The Balaban J connectivity index is 2.25.